The molecule has 1 aromatic rings. The van der Waals surface area contributed by atoms with E-state index in [1.807, 2.05) is 0 Å². The smallest absolute Gasteiger partial charge is 0.317 e. The zero-order valence-electron chi connectivity index (χ0n) is 15.0. The van der Waals surface area contributed by atoms with Crippen LogP contribution in [0.5, 0.6) is 0 Å². The topological polar surface area (TPSA) is 121 Å². The molecule has 1 saturated heterocycles. The van der Waals surface area contributed by atoms with E-state index < -0.39 is 26.6 Å². The molecule has 9 nitrogen and oxygen atoms in total. The van der Waals surface area contributed by atoms with Crippen molar-refractivity contribution >= 4 is 21.7 Å². The van der Waals surface area contributed by atoms with Gasteiger partial charge in [0, 0.05) is 25.2 Å². The molecule has 1 aliphatic rings. The summed E-state index contributed by atoms with van der Waals surface area (Å²) >= 11 is 0. The van der Waals surface area contributed by atoms with Crippen LogP contribution in [0.25, 0.3) is 0 Å². The lowest BCUT2D eigenvalue weighted by molar-refractivity contribution is -0.388. The molecule has 1 heterocycles. The van der Waals surface area contributed by atoms with Gasteiger partial charge in [-0.3, -0.25) is 19.8 Å². The van der Waals surface area contributed by atoms with Crippen LogP contribution in [-0.4, -0.2) is 66.3 Å². The third-order valence-corrected chi connectivity index (χ3v) is 6.96. The van der Waals surface area contributed by atoms with Crippen molar-refractivity contribution in [1.82, 2.24) is 9.21 Å². The molecule has 1 fully saturated rings. The summed E-state index contributed by atoms with van der Waals surface area (Å²) in [5.74, 6) is -0.937. The molecule has 1 aromatic carbocycles. The van der Waals surface area contributed by atoms with E-state index in [1.165, 1.54) is 10.4 Å². The van der Waals surface area contributed by atoms with Gasteiger partial charge in [0.1, 0.15) is 0 Å². The molecule has 144 valence electrons. The van der Waals surface area contributed by atoms with Crippen LogP contribution in [0.15, 0.2) is 17.0 Å². The Morgan fingerprint density at radius 2 is 1.92 bits per heavy atom. The fourth-order valence-electron chi connectivity index (χ4n) is 3.24. The molecule has 0 unspecified atom stereocenters. The van der Waals surface area contributed by atoms with E-state index in [0.717, 1.165) is 0 Å². The highest BCUT2D eigenvalue weighted by Gasteiger charge is 2.36. The zero-order valence-corrected chi connectivity index (χ0v) is 15.8. The highest BCUT2D eigenvalue weighted by atomic mass is 32.2. The lowest BCUT2D eigenvalue weighted by Crippen LogP contribution is -2.46. The Labute approximate surface area is 152 Å². The monoisotopic (exact) mass is 385 g/mol. The molecule has 0 aliphatic carbocycles. The molecular formula is C16H23N3O6S. The van der Waals surface area contributed by atoms with Gasteiger partial charge in [0.2, 0.25) is 10.0 Å². The van der Waals surface area contributed by atoms with Crippen LogP contribution >= 0.6 is 0 Å². The van der Waals surface area contributed by atoms with E-state index in [2.05, 4.69) is 0 Å². The fraction of sp³-hybridized carbons (Fsp3) is 0.562. The Morgan fingerprint density at radius 3 is 2.42 bits per heavy atom. The van der Waals surface area contributed by atoms with Crippen molar-refractivity contribution < 1.29 is 23.2 Å². The Balaban J connectivity index is 2.27. The summed E-state index contributed by atoms with van der Waals surface area (Å²) in [5.41, 5.74) is 0.632. The number of aryl methyl sites for hydroxylation is 1. The summed E-state index contributed by atoms with van der Waals surface area (Å²) in [6.45, 7) is 3.57. The molecule has 0 spiro atoms. The van der Waals surface area contributed by atoms with Gasteiger partial charge in [-0.15, -0.1) is 0 Å². The van der Waals surface area contributed by atoms with Crippen LogP contribution in [0, 0.1) is 24.0 Å². The first-order valence-corrected chi connectivity index (χ1v) is 9.66. The molecule has 1 N–H and O–H groups in total. The minimum atomic E-state index is -4.01. The molecule has 0 amide bonds. The molecule has 0 saturated carbocycles. The minimum absolute atomic E-state index is 0.0360. The normalized spacial score (nSPS) is 16.8. The maximum Gasteiger partial charge on any atom is 0.317 e. The number of piperidine rings is 1. The number of nitro benzene ring substituents is 1. The molecule has 26 heavy (non-hydrogen) atoms. The van der Waals surface area contributed by atoms with Gasteiger partial charge in [-0.05, 0) is 44.9 Å². The van der Waals surface area contributed by atoms with Crippen LogP contribution in [0.3, 0.4) is 0 Å². The summed E-state index contributed by atoms with van der Waals surface area (Å²) < 4.78 is 27.4. The zero-order chi connectivity index (χ0) is 19.6. The van der Waals surface area contributed by atoms with Crippen LogP contribution < -0.4 is 0 Å². The van der Waals surface area contributed by atoms with Gasteiger partial charge in [0.05, 0.1) is 11.5 Å². The van der Waals surface area contributed by atoms with Crippen molar-refractivity contribution in [2.75, 3.05) is 26.7 Å². The number of nitrogens with zero attached hydrogens (tertiary/aromatic N) is 3. The number of nitro groups is 1. The van der Waals surface area contributed by atoms with Crippen molar-refractivity contribution in [3.8, 4) is 0 Å². The number of likely N-dealkylation sites (N-methyl/N-ethyl adjacent to an activating group) is 1. The van der Waals surface area contributed by atoms with Gasteiger partial charge in [0.25, 0.3) is 5.69 Å². The first kappa shape index (κ1) is 20.3. The number of rotatable bonds is 6. The van der Waals surface area contributed by atoms with E-state index in [0.29, 0.717) is 24.0 Å². The molecule has 0 bridgehead atoms. The van der Waals surface area contributed by atoms with Gasteiger partial charge in [0.15, 0.2) is 4.90 Å². The maximum atomic E-state index is 13.1. The molecule has 0 atom stereocenters. The highest BCUT2D eigenvalue weighted by Crippen LogP contribution is 2.33. The highest BCUT2D eigenvalue weighted by molar-refractivity contribution is 7.89. The molecule has 2 rings (SSSR count). The van der Waals surface area contributed by atoms with E-state index in [-0.39, 0.29) is 30.6 Å². The summed E-state index contributed by atoms with van der Waals surface area (Å²) in [5, 5.41) is 20.2. The largest absolute Gasteiger partial charge is 0.480 e. The summed E-state index contributed by atoms with van der Waals surface area (Å²) in [6, 6.07) is 2.73. The SMILES string of the molecule is Cc1ccc([N+](=O)[O-])c(S(=O)(=O)N2CCC(N(C)CC(=O)O)CC2)c1C. The van der Waals surface area contributed by atoms with Gasteiger partial charge in [-0.25, -0.2) is 8.42 Å². The average Bonchev–Trinajstić information content (AvgIpc) is 2.56. The van der Waals surface area contributed by atoms with Crippen molar-refractivity contribution in [2.24, 2.45) is 0 Å². The van der Waals surface area contributed by atoms with Crippen LogP contribution in [0.1, 0.15) is 24.0 Å². The first-order chi connectivity index (χ1) is 12.1. The Bertz CT molecular complexity index is 816. The van der Waals surface area contributed by atoms with Gasteiger partial charge in [-0.1, -0.05) is 6.07 Å². The number of hydrogen-bond donors (Lipinski definition) is 1. The van der Waals surface area contributed by atoms with Crippen LogP contribution in [0.2, 0.25) is 0 Å². The molecule has 0 aromatic heterocycles. The van der Waals surface area contributed by atoms with Crippen LogP contribution in [-0.2, 0) is 14.8 Å². The Hall–Kier alpha value is -2.04. The Morgan fingerprint density at radius 1 is 1.35 bits per heavy atom. The van der Waals surface area contributed by atoms with E-state index in [9.17, 15) is 23.3 Å². The lowest BCUT2D eigenvalue weighted by atomic mass is 10.1. The Kier molecular flexibility index (Phi) is 5.99. The third-order valence-electron chi connectivity index (χ3n) is 4.88. The fourth-order valence-corrected chi connectivity index (χ4v) is 5.14. The van der Waals surface area contributed by atoms with E-state index in [4.69, 9.17) is 5.11 Å². The summed E-state index contributed by atoms with van der Waals surface area (Å²) in [7, 11) is -2.31. The number of benzene rings is 1. The first-order valence-electron chi connectivity index (χ1n) is 8.22. The van der Waals surface area contributed by atoms with E-state index >= 15 is 0 Å². The van der Waals surface area contributed by atoms with Crippen molar-refractivity contribution in [3.05, 3.63) is 33.4 Å². The van der Waals surface area contributed by atoms with Crippen molar-refractivity contribution in [1.29, 1.82) is 0 Å². The minimum Gasteiger partial charge on any atom is -0.480 e. The van der Waals surface area contributed by atoms with Crippen molar-refractivity contribution in [2.45, 2.75) is 37.6 Å². The standard InChI is InChI=1S/C16H23N3O6S/c1-11-4-5-14(19(22)23)16(12(11)2)26(24,25)18-8-6-13(7-9-18)17(3)10-15(20)21/h4-5,13H,6-10H2,1-3H3,(H,20,21). The summed E-state index contributed by atoms with van der Waals surface area (Å²) in [6.07, 6.45) is 0.948. The van der Waals surface area contributed by atoms with Gasteiger partial charge >= 0.3 is 5.97 Å². The second-order valence-corrected chi connectivity index (χ2v) is 8.43. The third kappa shape index (κ3) is 4.02. The maximum absolute atomic E-state index is 13.1. The lowest BCUT2D eigenvalue weighted by Gasteiger charge is -2.35. The van der Waals surface area contributed by atoms with Crippen molar-refractivity contribution in [3.63, 3.8) is 0 Å². The average molecular weight is 385 g/mol. The number of carboxylic acid groups (broad SMARTS) is 1. The molecular weight excluding hydrogens is 362 g/mol. The summed E-state index contributed by atoms with van der Waals surface area (Å²) in [4.78, 5) is 22.9. The second-order valence-electron chi connectivity index (χ2n) is 6.56. The number of carbonyl (C=O) groups is 1. The number of carboxylic acids is 1. The molecule has 1 aliphatic heterocycles. The predicted molar refractivity (Wildman–Crippen MR) is 94.6 cm³/mol. The second kappa shape index (κ2) is 7.68. The van der Waals surface area contributed by atoms with E-state index in [1.54, 1.807) is 31.9 Å². The molecule has 10 heteroatoms. The van der Waals surface area contributed by atoms with Crippen LogP contribution in [0.4, 0.5) is 5.69 Å². The number of sulfonamides is 1. The number of hydrogen-bond acceptors (Lipinski definition) is 6. The molecule has 0 radical (unpaired) electrons. The quantitative estimate of drug-likeness (QED) is 0.580. The van der Waals surface area contributed by atoms with Gasteiger partial charge < -0.3 is 5.11 Å². The van der Waals surface area contributed by atoms with Gasteiger partial charge in [-0.2, -0.15) is 4.31 Å². The number of aliphatic carboxylic acids is 1. The predicted octanol–water partition coefficient (Wildman–Crippen LogP) is 1.38.